The van der Waals surface area contributed by atoms with Crippen molar-refractivity contribution in [2.45, 2.75) is 51.0 Å². The Kier molecular flexibility index (Phi) is 8.51. The Morgan fingerprint density at radius 3 is 2.64 bits per heavy atom. The number of nitrogens with zero attached hydrogens (tertiary/aromatic N) is 4. The normalized spacial score (nSPS) is 15.6. The molecule has 1 atom stereocenters. The standard InChI is InChI=1S/C31H36FN5O2/c1-39-16-4-15-37-28(17-24-12-13-27(32)18-29(24)37)25-6-3-14-36(21-25)30(38)7-2-5-22-8-10-23(11-9-22)26-19-34-31(33)35-20-26/h8-13,17-20,25H,2-7,14-16,21H2,1H3,(H2,33,34,35). The van der Waals surface area contributed by atoms with E-state index in [0.717, 1.165) is 67.2 Å². The molecule has 0 aliphatic carbocycles. The number of rotatable bonds is 10. The first-order valence-corrected chi connectivity index (χ1v) is 13.7. The molecule has 2 N–H and O–H groups in total. The summed E-state index contributed by atoms with van der Waals surface area (Å²) >= 11 is 0. The van der Waals surface area contributed by atoms with Gasteiger partial charge >= 0.3 is 0 Å². The predicted octanol–water partition coefficient (Wildman–Crippen LogP) is 5.59. The zero-order valence-corrected chi connectivity index (χ0v) is 22.5. The van der Waals surface area contributed by atoms with E-state index in [1.807, 2.05) is 11.0 Å². The molecule has 1 fully saturated rings. The molecule has 4 aromatic rings. The minimum atomic E-state index is -0.227. The maximum atomic E-state index is 14.1. The maximum Gasteiger partial charge on any atom is 0.222 e. The molecule has 0 spiro atoms. The smallest absolute Gasteiger partial charge is 0.222 e. The third-order valence-corrected chi connectivity index (χ3v) is 7.64. The Morgan fingerprint density at radius 1 is 1.08 bits per heavy atom. The summed E-state index contributed by atoms with van der Waals surface area (Å²) in [6.07, 6.45) is 8.48. The predicted molar refractivity (Wildman–Crippen MR) is 152 cm³/mol. The molecule has 204 valence electrons. The van der Waals surface area contributed by atoms with Crippen LogP contribution in [0.4, 0.5) is 10.3 Å². The van der Waals surface area contributed by atoms with Gasteiger partial charge in [-0.2, -0.15) is 0 Å². The van der Waals surface area contributed by atoms with Crippen LogP contribution in [0.2, 0.25) is 0 Å². The van der Waals surface area contributed by atoms with E-state index in [1.54, 1.807) is 25.6 Å². The van der Waals surface area contributed by atoms with Gasteiger partial charge in [-0.1, -0.05) is 24.3 Å². The topological polar surface area (TPSA) is 86.3 Å². The number of piperidine rings is 1. The lowest BCUT2D eigenvalue weighted by Crippen LogP contribution is -2.39. The van der Waals surface area contributed by atoms with Crippen LogP contribution in [0.15, 0.2) is 60.9 Å². The van der Waals surface area contributed by atoms with Crippen LogP contribution in [0.5, 0.6) is 0 Å². The molecular formula is C31H36FN5O2. The van der Waals surface area contributed by atoms with Gasteiger partial charge in [-0.3, -0.25) is 4.79 Å². The van der Waals surface area contributed by atoms with Crippen molar-refractivity contribution in [2.75, 3.05) is 32.5 Å². The Morgan fingerprint density at radius 2 is 1.87 bits per heavy atom. The summed E-state index contributed by atoms with van der Waals surface area (Å²) in [7, 11) is 1.70. The number of fused-ring (bicyclic) bond motifs is 1. The molecule has 2 aromatic carbocycles. The first-order valence-electron chi connectivity index (χ1n) is 13.7. The summed E-state index contributed by atoms with van der Waals surface area (Å²) in [6.45, 7) is 2.93. The fourth-order valence-corrected chi connectivity index (χ4v) is 5.60. The Balaban J connectivity index is 1.19. The molecule has 0 radical (unpaired) electrons. The number of amides is 1. The van der Waals surface area contributed by atoms with Crippen LogP contribution in [0, 0.1) is 5.82 Å². The second-order valence-electron chi connectivity index (χ2n) is 10.3. The SMILES string of the molecule is COCCCn1c(C2CCCN(C(=O)CCCc3ccc(-c4cnc(N)nc4)cc3)C2)cc2ccc(F)cc21. The number of aromatic nitrogens is 3. The average molecular weight is 530 g/mol. The Bertz CT molecular complexity index is 1400. The van der Waals surface area contributed by atoms with E-state index in [9.17, 15) is 9.18 Å². The number of carbonyl (C=O) groups is 1. The fraction of sp³-hybridized carbons (Fsp3) is 0.387. The van der Waals surface area contributed by atoms with Crippen LogP contribution in [0.1, 0.15) is 49.3 Å². The van der Waals surface area contributed by atoms with Gasteiger partial charge in [0.1, 0.15) is 5.82 Å². The van der Waals surface area contributed by atoms with E-state index in [-0.39, 0.29) is 23.6 Å². The summed E-state index contributed by atoms with van der Waals surface area (Å²) in [4.78, 5) is 23.3. The minimum absolute atomic E-state index is 0.212. The van der Waals surface area contributed by atoms with Crippen molar-refractivity contribution >= 4 is 22.8 Å². The van der Waals surface area contributed by atoms with E-state index in [1.165, 1.54) is 17.3 Å². The molecule has 0 bridgehead atoms. The molecule has 2 aromatic heterocycles. The highest BCUT2D eigenvalue weighted by molar-refractivity contribution is 5.82. The number of methoxy groups -OCH3 is 1. The lowest BCUT2D eigenvalue weighted by molar-refractivity contribution is -0.132. The number of ether oxygens (including phenoxy) is 1. The summed E-state index contributed by atoms with van der Waals surface area (Å²) in [5, 5.41) is 1.04. The molecule has 3 heterocycles. The molecule has 1 saturated heterocycles. The Hall–Kier alpha value is -3.78. The van der Waals surface area contributed by atoms with Gasteiger partial charge in [-0.25, -0.2) is 14.4 Å². The van der Waals surface area contributed by atoms with Crippen molar-refractivity contribution in [3.05, 3.63) is 78.0 Å². The number of nitrogens with two attached hydrogens (primary N) is 1. The van der Waals surface area contributed by atoms with Crippen LogP contribution in [-0.2, 0) is 22.5 Å². The van der Waals surface area contributed by atoms with Crippen LogP contribution >= 0.6 is 0 Å². The van der Waals surface area contributed by atoms with Crippen LogP contribution in [0.25, 0.3) is 22.0 Å². The third-order valence-electron chi connectivity index (χ3n) is 7.64. The number of anilines is 1. The fourth-order valence-electron chi connectivity index (χ4n) is 5.60. The van der Waals surface area contributed by atoms with E-state index >= 15 is 0 Å². The zero-order valence-electron chi connectivity index (χ0n) is 22.5. The number of hydrogen-bond acceptors (Lipinski definition) is 5. The van der Waals surface area contributed by atoms with E-state index in [0.29, 0.717) is 19.6 Å². The molecule has 1 amide bonds. The highest BCUT2D eigenvalue weighted by Crippen LogP contribution is 2.33. The lowest BCUT2D eigenvalue weighted by Gasteiger charge is -2.33. The highest BCUT2D eigenvalue weighted by atomic mass is 19.1. The number of halogens is 1. The van der Waals surface area contributed by atoms with E-state index < -0.39 is 0 Å². The van der Waals surface area contributed by atoms with Crippen LogP contribution in [0.3, 0.4) is 0 Å². The molecule has 0 saturated carbocycles. The third kappa shape index (κ3) is 6.45. The molecule has 5 rings (SSSR count). The minimum Gasteiger partial charge on any atom is -0.385 e. The number of benzene rings is 2. The molecule has 8 heteroatoms. The Labute approximate surface area is 228 Å². The summed E-state index contributed by atoms with van der Waals surface area (Å²) in [6, 6.07) is 15.5. The monoisotopic (exact) mass is 529 g/mol. The second kappa shape index (κ2) is 12.4. The van der Waals surface area contributed by atoms with Crippen molar-refractivity contribution in [1.29, 1.82) is 0 Å². The summed E-state index contributed by atoms with van der Waals surface area (Å²) in [5.74, 6) is 0.489. The van der Waals surface area contributed by atoms with Gasteiger partial charge in [-0.15, -0.1) is 0 Å². The molecular weight excluding hydrogens is 493 g/mol. The number of nitrogen functional groups attached to an aromatic ring is 1. The van der Waals surface area contributed by atoms with Gasteiger partial charge in [0.15, 0.2) is 0 Å². The largest absolute Gasteiger partial charge is 0.385 e. The van der Waals surface area contributed by atoms with Crippen molar-refractivity contribution in [2.24, 2.45) is 0 Å². The van der Waals surface area contributed by atoms with Gasteiger partial charge in [0.25, 0.3) is 0 Å². The molecule has 1 unspecified atom stereocenters. The average Bonchev–Trinajstić information content (AvgIpc) is 3.31. The second-order valence-corrected chi connectivity index (χ2v) is 10.3. The van der Waals surface area contributed by atoms with Gasteiger partial charge < -0.3 is 19.9 Å². The van der Waals surface area contributed by atoms with Crippen molar-refractivity contribution in [3.8, 4) is 11.1 Å². The number of likely N-dealkylation sites (tertiary alicyclic amines) is 1. The summed E-state index contributed by atoms with van der Waals surface area (Å²) in [5.41, 5.74) is 10.8. The zero-order chi connectivity index (χ0) is 27.2. The highest BCUT2D eigenvalue weighted by Gasteiger charge is 2.27. The van der Waals surface area contributed by atoms with Crippen LogP contribution < -0.4 is 5.73 Å². The quantitative estimate of drug-likeness (QED) is 0.271. The van der Waals surface area contributed by atoms with Gasteiger partial charge in [-0.05, 0) is 67.5 Å². The summed E-state index contributed by atoms with van der Waals surface area (Å²) < 4.78 is 21.6. The van der Waals surface area contributed by atoms with Gasteiger partial charge in [0.2, 0.25) is 11.9 Å². The number of carbonyl (C=O) groups excluding carboxylic acids is 1. The van der Waals surface area contributed by atoms with Crippen molar-refractivity contribution < 1.29 is 13.9 Å². The van der Waals surface area contributed by atoms with Gasteiger partial charge in [0, 0.05) is 74.7 Å². The number of hydrogen-bond donors (Lipinski definition) is 1. The lowest BCUT2D eigenvalue weighted by atomic mass is 9.94. The van der Waals surface area contributed by atoms with Crippen molar-refractivity contribution in [1.82, 2.24) is 19.4 Å². The molecule has 1 aliphatic rings. The van der Waals surface area contributed by atoms with E-state index in [4.69, 9.17) is 10.5 Å². The van der Waals surface area contributed by atoms with Gasteiger partial charge in [0.05, 0.1) is 5.52 Å². The van der Waals surface area contributed by atoms with Crippen molar-refractivity contribution in [3.63, 3.8) is 0 Å². The maximum absolute atomic E-state index is 14.1. The van der Waals surface area contributed by atoms with Crippen LogP contribution in [-0.4, -0.2) is 52.1 Å². The van der Waals surface area contributed by atoms with E-state index in [2.05, 4.69) is 44.9 Å². The first kappa shape index (κ1) is 26.8. The molecule has 7 nitrogen and oxygen atoms in total. The first-order chi connectivity index (χ1) is 19.0. The number of aryl methyl sites for hydroxylation is 2. The molecule has 39 heavy (non-hydrogen) atoms. The molecule has 1 aliphatic heterocycles.